The van der Waals surface area contributed by atoms with Gasteiger partial charge in [-0.1, -0.05) is 20.8 Å². The minimum absolute atomic E-state index is 0.299. The van der Waals surface area contributed by atoms with Crippen LogP contribution in [0.3, 0.4) is 0 Å². The number of amides is 1. The molecule has 100 valence electrons. The highest BCUT2D eigenvalue weighted by Crippen LogP contribution is 2.21. The predicted octanol–water partition coefficient (Wildman–Crippen LogP) is 1.96. The molecular weight excluding hydrogens is 232 g/mol. The van der Waals surface area contributed by atoms with Crippen molar-refractivity contribution in [3.8, 4) is 0 Å². The van der Waals surface area contributed by atoms with Gasteiger partial charge in [-0.2, -0.15) is 11.8 Å². The Bertz CT molecular complexity index is 246. The molecule has 0 aromatic carbocycles. The van der Waals surface area contributed by atoms with Crippen LogP contribution in [-0.2, 0) is 4.79 Å². The number of nitrogens with zero attached hydrogens (tertiary/aromatic N) is 1. The van der Waals surface area contributed by atoms with Gasteiger partial charge < -0.3 is 10.6 Å². The Hall–Kier alpha value is -0.220. The van der Waals surface area contributed by atoms with Crippen LogP contribution in [0, 0.1) is 11.8 Å². The van der Waals surface area contributed by atoms with Crippen LogP contribution in [0.5, 0.6) is 0 Å². The van der Waals surface area contributed by atoms with Gasteiger partial charge in [0.15, 0.2) is 0 Å². The molecule has 4 heteroatoms. The van der Waals surface area contributed by atoms with Gasteiger partial charge in [0, 0.05) is 30.5 Å². The van der Waals surface area contributed by atoms with E-state index in [-0.39, 0.29) is 0 Å². The fourth-order valence-corrected chi connectivity index (χ4v) is 3.36. The van der Waals surface area contributed by atoms with Crippen LogP contribution in [-0.4, -0.2) is 41.4 Å². The van der Waals surface area contributed by atoms with E-state index in [9.17, 15) is 4.79 Å². The summed E-state index contributed by atoms with van der Waals surface area (Å²) in [7, 11) is 0. The Balaban J connectivity index is 2.40. The molecule has 1 rings (SSSR count). The second-order valence-electron chi connectivity index (χ2n) is 5.46. The van der Waals surface area contributed by atoms with Crippen LogP contribution in [0.4, 0.5) is 0 Å². The first-order chi connectivity index (χ1) is 8.02. The van der Waals surface area contributed by atoms with Crippen LogP contribution in [0.25, 0.3) is 0 Å². The Morgan fingerprint density at radius 2 is 2.24 bits per heavy atom. The summed E-state index contributed by atoms with van der Waals surface area (Å²) in [6.07, 6.45) is 1.69. The highest BCUT2D eigenvalue weighted by Gasteiger charge is 2.23. The summed E-state index contributed by atoms with van der Waals surface area (Å²) in [4.78, 5) is 14.2. The summed E-state index contributed by atoms with van der Waals surface area (Å²) in [5.74, 6) is 2.34. The van der Waals surface area contributed by atoms with Crippen LogP contribution >= 0.6 is 11.8 Å². The van der Waals surface area contributed by atoms with Crippen molar-refractivity contribution in [1.82, 2.24) is 4.90 Å². The normalized spacial score (nSPS) is 22.9. The lowest BCUT2D eigenvalue weighted by molar-refractivity contribution is -0.132. The summed E-state index contributed by atoms with van der Waals surface area (Å²) in [5, 5.41) is 0.578. The number of nitrogens with two attached hydrogens (primary N) is 1. The zero-order valence-electron chi connectivity index (χ0n) is 11.3. The fourth-order valence-electron chi connectivity index (χ4n) is 2.35. The van der Waals surface area contributed by atoms with Gasteiger partial charge in [0.25, 0.3) is 0 Å². The van der Waals surface area contributed by atoms with E-state index in [1.54, 1.807) is 0 Å². The van der Waals surface area contributed by atoms with Crippen molar-refractivity contribution in [1.29, 1.82) is 0 Å². The average Bonchev–Trinajstić information content (AvgIpc) is 2.27. The summed E-state index contributed by atoms with van der Waals surface area (Å²) in [6, 6.07) is 0. The van der Waals surface area contributed by atoms with Gasteiger partial charge >= 0.3 is 0 Å². The van der Waals surface area contributed by atoms with Crippen LogP contribution < -0.4 is 5.73 Å². The van der Waals surface area contributed by atoms with Gasteiger partial charge in [-0.15, -0.1) is 0 Å². The summed E-state index contributed by atoms with van der Waals surface area (Å²) in [6.45, 7) is 9.01. The van der Waals surface area contributed by atoms with Gasteiger partial charge in [0.1, 0.15) is 0 Å². The standard InChI is InChI=1S/C13H26N2OS/c1-10(2)6-12(8-14)7-13(16)15-4-5-17-11(3)9-15/h10-12H,4-9,14H2,1-3H3. The summed E-state index contributed by atoms with van der Waals surface area (Å²) in [5.41, 5.74) is 5.75. The van der Waals surface area contributed by atoms with Crippen molar-refractivity contribution in [2.45, 2.75) is 38.9 Å². The maximum Gasteiger partial charge on any atom is 0.222 e. The topological polar surface area (TPSA) is 46.3 Å². The minimum atomic E-state index is 0.299. The zero-order chi connectivity index (χ0) is 12.8. The average molecular weight is 258 g/mol. The molecule has 0 aliphatic carbocycles. The van der Waals surface area contributed by atoms with E-state index in [0.717, 1.165) is 25.3 Å². The third-order valence-electron chi connectivity index (χ3n) is 3.20. The monoisotopic (exact) mass is 258 g/mol. The summed E-state index contributed by atoms with van der Waals surface area (Å²) >= 11 is 1.96. The molecule has 1 aliphatic heterocycles. The lowest BCUT2D eigenvalue weighted by Crippen LogP contribution is -2.42. The molecule has 0 spiro atoms. The first-order valence-corrected chi connectivity index (χ1v) is 7.67. The zero-order valence-corrected chi connectivity index (χ0v) is 12.1. The Labute approximate surface area is 109 Å². The van der Waals surface area contributed by atoms with Crippen LogP contribution in [0.15, 0.2) is 0 Å². The lowest BCUT2D eigenvalue weighted by Gasteiger charge is -2.31. The van der Waals surface area contributed by atoms with Gasteiger partial charge in [-0.3, -0.25) is 4.79 Å². The highest BCUT2D eigenvalue weighted by molar-refractivity contribution is 7.99. The van der Waals surface area contributed by atoms with E-state index in [4.69, 9.17) is 5.73 Å². The van der Waals surface area contributed by atoms with Gasteiger partial charge in [-0.05, 0) is 24.8 Å². The van der Waals surface area contributed by atoms with Crippen LogP contribution in [0.2, 0.25) is 0 Å². The van der Waals surface area contributed by atoms with Crippen molar-refractivity contribution < 1.29 is 4.79 Å². The van der Waals surface area contributed by atoms with Crippen LogP contribution in [0.1, 0.15) is 33.6 Å². The first kappa shape index (κ1) is 14.8. The molecule has 2 unspecified atom stereocenters. The van der Waals surface area contributed by atoms with E-state index in [2.05, 4.69) is 20.8 Å². The molecule has 2 atom stereocenters. The Kier molecular flexibility index (Phi) is 6.34. The number of carbonyl (C=O) groups excluding carboxylic acids is 1. The number of rotatable bonds is 5. The van der Waals surface area contributed by atoms with E-state index in [1.165, 1.54) is 0 Å². The smallest absolute Gasteiger partial charge is 0.222 e. The van der Waals surface area contributed by atoms with E-state index < -0.39 is 0 Å². The molecule has 1 heterocycles. The Morgan fingerprint density at radius 1 is 1.53 bits per heavy atom. The molecule has 0 aromatic heterocycles. The molecule has 1 fully saturated rings. The van der Waals surface area contributed by atoms with Crippen molar-refractivity contribution in [2.24, 2.45) is 17.6 Å². The number of carbonyl (C=O) groups is 1. The number of hydrogen-bond acceptors (Lipinski definition) is 3. The molecule has 0 aromatic rings. The number of hydrogen-bond donors (Lipinski definition) is 1. The van der Waals surface area contributed by atoms with Gasteiger partial charge in [-0.25, -0.2) is 0 Å². The molecule has 0 bridgehead atoms. The molecule has 1 aliphatic rings. The maximum absolute atomic E-state index is 12.2. The third kappa shape index (κ3) is 5.30. The fraction of sp³-hybridized carbons (Fsp3) is 0.923. The molecule has 3 nitrogen and oxygen atoms in total. The minimum Gasteiger partial charge on any atom is -0.341 e. The molecule has 1 saturated heterocycles. The maximum atomic E-state index is 12.2. The van der Waals surface area contributed by atoms with Gasteiger partial charge in [0.05, 0.1) is 0 Å². The van der Waals surface area contributed by atoms with E-state index in [1.807, 2.05) is 16.7 Å². The number of thioether (sulfide) groups is 1. The molecular formula is C13H26N2OS. The van der Waals surface area contributed by atoms with Crippen molar-refractivity contribution in [3.63, 3.8) is 0 Å². The quantitative estimate of drug-likeness (QED) is 0.820. The van der Waals surface area contributed by atoms with Gasteiger partial charge in [0.2, 0.25) is 5.91 Å². The largest absolute Gasteiger partial charge is 0.341 e. The lowest BCUT2D eigenvalue weighted by atomic mass is 9.94. The SMILES string of the molecule is CC(C)CC(CN)CC(=O)N1CCSC(C)C1. The second-order valence-corrected chi connectivity index (χ2v) is 7.00. The second kappa shape index (κ2) is 7.27. The van der Waals surface area contributed by atoms with E-state index >= 15 is 0 Å². The molecule has 2 N–H and O–H groups in total. The first-order valence-electron chi connectivity index (χ1n) is 6.62. The Morgan fingerprint density at radius 3 is 2.76 bits per heavy atom. The van der Waals surface area contributed by atoms with Crippen molar-refractivity contribution in [2.75, 3.05) is 25.4 Å². The van der Waals surface area contributed by atoms with E-state index in [0.29, 0.717) is 36.0 Å². The molecule has 1 amide bonds. The third-order valence-corrected chi connectivity index (χ3v) is 4.33. The highest BCUT2D eigenvalue weighted by atomic mass is 32.2. The predicted molar refractivity (Wildman–Crippen MR) is 75.1 cm³/mol. The summed E-state index contributed by atoms with van der Waals surface area (Å²) < 4.78 is 0. The van der Waals surface area contributed by atoms with Crippen molar-refractivity contribution >= 4 is 17.7 Å². The molecule has 0 saturated carbocycles. The molecule has 0 radical (unpaired) electrons. The molecule has 17 heavy (non-hydrogen) atoms. The van der Waals surface area contributed by atoms with Crippen molar-refractivity contribution in [3.05, 3.63) is 0 Å².